The molecule has 0 aliphatic heterocycles. The van der Waals surface area contributed by atoms with E-state index in [1.165, 1.54) is 32.1 Å². The molecule has 126 valence electrons. The topological polar surface area (TPSA) is 76.7 Å². The third-order valence-electron chi connectivity index (χ3n) is 3.92. The average Bonchev–Trinajstić information content (AvgIpc) is 3.18. The van der Waals surface area contributed by atoms with Gasteiger partial charge in [0.1, 0.15) is 0 Å². The second-order valence-corrected chi connectivity index (χ2v) is 8.48. The molecule has 0 radical (unpaired) electrons. The Morgan fingerprint density at radius 2 is 2.13 bits per heavy atom. The summed E-state index contributed by atoms with van der Waals surface area (Å²) in [4.78, 5) is 4.44. The van der Waals surface area contributed by atoms with Crippen molar-refractivity contribution in [3.63, 3.8) is 0 Å². The van der Waals surface area contributed by atoms with Crippen molar-refractivity contribution in [2.75, 3.05) is 5.32 Å². The third kappa shape index (κ3) is 4.67. The summed E-state index contributed by atoms with van der Waals surface area (Å²) in [6, 6.07) is 0.555. The first kappa shape index (κ1) is 16.7. The van der Waals surface area contributed by atoms with Crippen LogP contribution in [0.1, 0.15) is 69.3 Å². The van der Waals surface area contributed by atoms with Gasteiger partial charge in [0, 0.05) is 12.5 Å². The molecule has 0 spiro atoms. The normalized spacial score (nSPS) is 17.3. The van der Waals surface area contributed by atoms with Gasteiger partial charge in [0.05, 0.1) is 5.25 Å². The minimum atomic E-state index is 0.0867. The van der Waals surface area contributed by atoms with E-state index in [-0.39, 0.29) is 5.25 Å². The predicted octanol–water partition coefficient (Wildman–Crippen LogP) is 4.47. The lowest BCUT2D eigenvalue weighted by molar-refractivity contribution is 0.374. The van der Waals surface area contributed by atoms with Crippen LogP contribution in [0.5, 0.6) is 0 Å². The first-order valence-corrected chi connectivity index (χ1v) is 10.0. The van der Waals surface area contributed by atoms with Crippen LogP contribution < -0.4 is 5.32 Å². The van der Waals surface area contributed by atoms with Gasteiger partial charge in [0.15, 0.2) is 10.2 Å². The number of nitrogens with zero attached hydrogens (tertiary/aromatic N) is 4. The summed E-state index contributed by atoms with van der Waals surface area (Å²) in [5.74, 6) is 1.45. The Morgan fingerprint density at radius 1 is 1.30 bits per heavy atom. The van der Waals surface area contributed by atoms with Crippen LogP contribution in [-0.2, 0) is 6.42 Å². The summed E-state index contributed by atoms with van der Waals surface area (Å²) in [5, 5.41) is 17.1. The van der Waals surface area contributed by atoms with Gasteiger partial charge in [0.25, 0.3) is 0 Å². The molecule has 23 heavy (non-hydrogen) atoms. The van der Waals surface area contributed by atoms with Crippen molar-refractivity contribution in [3.8, 4) is 0 Å². The smallest absolute Gasteiger partial charge is 0.239 e. The average molecular weight is 354 g/mol. The largest absolute Gasteiger partial charge is 0.357 e. The Morgan fingerprint density at radius 3 is 2.91 bits per heavy atom. The van der Waals surface area contributed by atoms with Crippen LogP contribution in [0.25, 0.3) is 0 Å². The van der Waals surface area contributed by atoms with Crippen LogP contribution in [-0.4, -0.2) is 26.4 Å². The molecule has 1 atom stereocenters. The number of hydrogen-bond acceptors (Lipinski definition) is 8. The molecule has 2 aromatic heterocycles. The highest BCUT2D eigenvalue weighted by atomic mass is 32.2. The minimum absolute atomic E-state index is 0.0867. The fraction of sp³-hybridized carbons (Fsp3) is 0.733. The third-order valence-corrected chi connectivity index (χ3v) is 5.95. The zero-order valence-electron chi connectivity index (χ0n) is 13.6. The molecule has 0 saturated heterocycles. The van der Waals surface area contributed by atoms with Gasteiger partial charge < -0.3 is 9.84 Å². The van der Waals surface area contributed by atoms with E-state index in [1.54, 1.807) is 23.1 Å². The predicted molar refractivity (Wildman–Crippen MR) is 93.0 cm³/mol. The zero-order chi connectivity index (χ0) is 16.1. The molecular weight excluding hydrogens is 330 g/mol. The Kier molecular flexibility index (Phi) is 5.88. The number of hydrogen-bond donors (Lipinski definition) is 1. The molecule has 1 aliphatic carbocycles. The minimum Gasteiger partial charge on any atom is -0.357 e. The maximum Gasteiger partial charge on any atom is 0.239 e. The van der Waals surface area contributed by atoms with E-state index in [2.05, 4.69) is 39.5 Å². The van der Waals surface area contributed by atoms with Crippen molar-refractivity contribution in [3.05, 3.63) is 11.7 Å². The van der Waals surface area contributed by atoms with Crippen LogP contribution in [0.15, 0.2) is 8.86 Å². The first-order valence-electron chi connectivity index (χ1n) is 8.33. The molecule has 2 aromatic rings. The monoisotopic (exact) mass is 353 g/mol. The van der Waals surface area contributed by atoms with E-state index in [0.717, 1.165) is 28.1 Å². The van der Waals surface area contributed by atoms with Crippen molar-refractivity contribution in [2.24, 2.45) is 0 Å². The first-order chi connectivity index (χ1) is 11.2. The Hall–Kier alpha value is -1.15. The highest BCUT2D eigenvalue weighted by molar-refractivity contribution is 8.01. The molecule has 0 bridgehead atoms. The fourth-order valence-corrected chi connectivity index (χ4v) is 4.70. The quantitative estimate of drug-likeness (QED) is 0.736. The Bertz CT molecular complexity index is 609. The van der Waals surface area contributed by atoms with Gasteiger partial charge >= 0.3 is 0 Å². The van der Waals surface area contributed by atoms with Crippen LogP contribution in [0.3, 0.4) is 0 Å². The van der Waals surface area contributed by atoms with E-state index < -0.39 is 0 Å². The highest BCUT2D eigenvalue weighted by Gasteiger charge is 2.19. The van der Waals surface area contributed by atoms with E-state index in [1.807, 2.05) is 0 Å². The van der Waals surface area contributed by atoms with Gasteiger partial charge in [-0.15, -0.1) is 10.2 Å². The molecule has 8 heteroatoms. The van der Waals surface area contributed by atoms with Crippen LogP contribution >= 0.6 is 23.1 Å². The molecule has 1 N–H and O–H groups in total. The van der Waals surface area contributed by atoms with E-state index in [0.29, 0.717) is 11.9 Å². The molecular formula is C15H23N5OS2. The van der Waals surface area contributed by atoms with E-state index >= 15 is 0 Å². The van der Waals surface area contributed by atoms with E-state index in [9.17, 15) is 0 Å². The SMILES string of the molecule is CCCc1noc(C(C)Sc2nnc(NC3CCCCC3)s2)n1. The maximum absolute atomic E-state index is 5.34. The lowest BCUT2D eigenvalue weighted by atomic mass is 9.96. The number of nitrogens with one attached hydrogen (secondary N) is 1. The summed E-state index contributed by atoms with van der Waals surface area (Å²) in [6.45, 7) is 4.17. The molecule has 2 heterocycles. The standard InChI is InChI=1S/C15H23N5OS2/c1-3-7-12-17-13(21-20-12)10(2)22-15-19-18-14(23-15)16-11-8-5-4-6-9-11/h10-11H,3-9H2,1-2H3,(H,16,18). The van der Waals surface area contributed by atoms with Gasteiger partial charge in [-0.2, -0.15) is 4.98 Å². The summed E-state index contributed by atoms with van der Waals surface area (Å²) < 4.78 is 6.27. The second-order valence-electron chi connectivity index (χ2n) is 5.91. The number of rotatable bonds is 7. The number of aryl methyl sites for hydroxylation is 1. The molecule has 1 fully saturated rings. The van der Waals surface area contributed by atoms with Crippen molar-refractivity contribution < 1.29 is 4.52 Å². The van der Waals surface area contributed by atoms with Crippen molar-refractivity contribution in [1.29, 1.82) is 0 Å². The zero-order valence-corrected chi connectivity index (χ0v) is 15.3. The summed E-state index contributed by atoms with van der Waals surface area (Å²) in [5.41, 5.74) is 0. The number of anilines is 1. The van der Waals surface area contributed by atoms with Gasteiger partial charge in [0.2, 0.25) is 11.0 Å². The fourth-order valence-electron chi connectivity index (χ4n) is 2.70. The molecule has 1 saturated carbocycles. The lowest BCUT2D eigenvalue weighted by Crippen LogP contribution is -2.21. The van der Waals surface area contributed by atoms with Crippen LogP contribution in [0.4, 0.5) is 5.13 Å². The molecule has 3 rings (SSSR count). The van der Waals surface area contributed by atoms with Gasteiger partial charge in [-0.25, -0.2) is 0 Å². The van der Waals surface area contributed by atoms with Gasteiger partial charge in [-0.1, -0.05) is 54.4 Å². The number of thioether (sulfide) groups is 1. The highest BCUT2D eigenvalue weighted by Crippen LogP contribution is 2.37. The van der Waals surface area contributed by atoms with Crippen LogP contribution in [0, 0.1) is 0 Å². The Balaban J connectivity index is 1.54. The summed E-state index contributed by atoms with van der Waals surface area (Å²) >= 11 is 3.23. The lowest BCUT2D eigenvalue weighted by Gasteiger charge is -2.21. The molecule has 1 aliphatic rings. The van der Waals surface area contributed by atoms with Crippen molar-refractivity contribution in [1.82, 2.24) is 20.3 Å². The number of aromatic nitrogens is 4. The molecule has 0 amide bonds. The van der Waals surface area contributed by atoms with Gasteiger partial charge in [-0.3, -0.25) is 0 Å². The van der Waals surface area contributed by atoms with Crippen molar-refractivity contribution in [2.45, 2.75) is 74.4 Å². The second kappa shape index (κ2) is 8.10. The van der Waals surface area contributed by atoms with Crippen molar-refractivity contribution >= 4 is 28.2 Å². The molecule has 6 nitrogen and oxygen atoms in total. The van der Waals surface area contributed by atoms with Gasteiger partial charge in [-0.05, 0) is 26.2 Å². The molecule has 1 unspecified atom stereocenters. The molecule has 0 aromatic carbocycles. The van der Waals surface area contributed by atoms with Crippen LogP contribution in [0.2, 0.25) is 0 Å². The maximum atomic E-state index is 5.34. The van der Waals surface area contributed by atoms with E-state index in [4.69, 9.17) is 4.52 Å². The Labute approximate surface area is 144 Å². The summed E-state index contributed by atoms with van der Waals surface area (Å²) in [6.07, 6.45) is 8.33. The summed E-state index contributed by atoms with van der Waals surface area (Å²) in [7, 11) is 0.